The molecule has 2 aromatic carbocycles. The molecule has 0 amide bonds. The zero-order chi connectivity index (χ0) is 19.2. The second-order valence-electron chi connectivity index (χ2n) is 6.02. The standard InChI is InChI=1S/C19H13F3N4O.BrH/c1-25-15-8-3-2-7-14(15)17(26-11-23-10-24-26)16(18(25)27)12-5-4-6-13(9-12)19(20,21)22;/h2-11H,1H3;1H. The van der Waals surface area contributed by atoms with Gasteiger partial charge >= 0.3 is 6.18 Å². The first-order chi connectivity index (χ1) is 12.9. The van der Waals surface area contributed by atoms with E-state index in [0.29, 0.717) is 16.6 Å². The van der Waals surface area contributed by atoms with E-state index in [0.717, 1.165) is 12.1 Å². The number of pyridine rings is 1. The van der Waals surface area contributed by atoms with Crippen molar-refractivity contribution in [1.82, 2.24) is 19.3 Å². The van der Waals surface area contributed by atoms with Crippen LogP contribution in [0.1, 0.15) is 5.56 Å². The Hall–Kier alpha value is -2.94. The topological polar surface area (TPSA) is 52.7 Å². The van der Waals surface area contributed by atoms with Crippen molar-refractivity contribution >= 4 is 27.9 Å². The van der Waals surface area contributed by atoms with E-state index < -0.39 is 17.3 Å². The molecule has 0 aliphatic carbocycles. The van der Waals surface area contributed by atoms with Crippen LogP contribution in [0, 0.1) is 0 Å². The number of alkyl halides is 3. The normalized spacial score (nSPS) is 11.4. The van der Waals surface area contributed by atoms with Gasteiger partial charge in [-0.25, -0.2) is 9.67 Å². The molecule has 4 rings (SSSR count). The first kappa shape index (κ1) is 19.8. The SMILES string of the molecule is Br.Cn1c(=O)c(-c2cccc(C(F)(F)F)c2)c(-n2cncn2)c2ccccc21. The predicted molar refractivity (Wildman–Crippen MR) is 105 cm³/mol. The van der Waals surface area contributed by atoms with Crippen LogP contribution in [0.3, 0.4) is 0 Å². The fourth-order valence-corrected chi connectivity index (χ4v) is 3.15. The summed E-state index contributed by atoms with van der Waals surface area (Å²) in [6, 6.07) is 11.9. The molecule has 0 N–H and O–H groups in total. The number of aromatic nitrogens is 4. The summed E-state index contributed by atoms with van der Waals surface area (Å²) in [5, 5.41) is 4.78. The molecule has 5 nitrogen and oxygen atoms in total. The number of para-hydroxylation sites is 1. The maximum Gasteiger partial charge on any atom is 0.416 e. The second kappa shape index (κ2) is 7.23. The lowest BCUT2D eigenvalue weighted by Gasteiger charge is -2.16. The minimum absolute atomic E-state index is 0. The third-order valence-corrected chi connectivity index (χ3v) is 4.40. The average Bonchev–Trinajstić information content (AvgIpc) is 3.18. The fraction of sp³-hybridized carbons (Fsp3) is 0.105. The van der Waals surface area contributed by atoms with Gasteiger partial charge in [-0.15, -0.1) is 17.0 Å². The number of benzene rings is 2. The number of rotatable bonds is 2. The van der Waals surface area contributed by atoms with Crippen LogP contribution in [0.15, 0.2) is 66.0 Å². The maximum atomic E-state index is 13.2. The van der Waals surface area contributed by atoms with Crippen LogP contribution < -0.4 is 5.56 Å². The summed E-state index contributed by atoms with van der Waals surface area (Å²) < 4.78 is 42.4. The number of hydrogen-bond acceptors (Lipinski definition) is 3. The van der Waals surface area contributed by atoms with E-state index in [1.165, 1.54) is 34.0 Å². The van der Waals surface area contributed by atoms with E-state index in [2.05, 4.69) is 10.1 Å². The summed E-state index contributed by atoms with van der Waals surface area (Å²) in [6.07, 6.45) is -1.79. The quantitative estimate of drug-likeness (QED) is 0.455. The fourth-order valence-electron chi connectivity index (χ4n) is 3.15. The van der Waals surface area contributed by atoms with Gasteiger partial charge in [-0.1, -0.05) is 30.3 Å². The molecule has 0 saturated heterocycles. The van der Waals surface area contributed by atoms with Gasteiger partial charge in [0.05, 0.1) is 22.3 Å². The van der Waals surface area contributed by atoms with Crippen molar-refractivity contribution in [1.29, 1.82) is 0 Å². The van der Waals surface area contributed by atoms with Crippen LogP contribution in [-0.2, 0) is 13.2 Å². The first-order valence-electron chi connectivity index (χ1n) is 8.02. The lowest BCUT2D eigenvalue weighted by Crippen LogP contribution is -2.22. The molecule has 2 aromatic heterocycles. The van der Waals surface area contributed by atoms with Crippen molar-refractivity contribution in [3.05, 3.63) is 77.1 Å². The molecule has 9 heteroatoms. The van der Waals surface area contributed by atoms with Crippen molar-refractivity contribution in [2.75, 3.05) is 0 Å². The summed E-state index contributed by atoms with van der Waals surface area (Å²) in [4.78, 5) is 17.0. The van der Waals surface area contributed by atoms with E-state index in [9.17, 15) is 18.0 Å². The molecule has 0 aliphatic heterocycles. The molecular weight excluding hydrogens is 437 g/mol. The van der Waals surface area contributed by atoms with Crippen molar-refractivity contribution in [2.24, 2.45) is 7.05 Å². The van der Waals surface area contributed by atoms with Crippen LogP contribution in [0.4, 0.5) is 13.2 Å². The smallest absolute Gasteiger partial charge is 0.311 e. The zero-order valence-electron chi connectivity index (χ0n) is 14.5. The van der Waals surface area contributed by atoms with Crippen LogP contribution in [0.2, 0.25) is 0 Å². The predicted octanol–water partition coefficient (Wildman–Crippen LogP) is 4.38. The Labute approximate surface area is 167 Å². The highest BCUT2D eigenvalue weighted by atomic mass is 79.9. The molecular formula is C19H14BrF3N4O. The maximum absolute atomic E-state index is 13.2. The number of fused-ring (bicyclic) bond motifs is 1. The van der Waals surface area contributed by atoms with Gasteiger partial charge in [0.2, 0.25) is 0 Å². The molecule has 0 spiro atoms. The molecule has 0 saturated carbocycles. The molecule has 4 aromatic rings. The molecule has 0 aliphatic rings. The Morgan fingerprint density at radius 1 is 1.04 bits per heavy atom. The van der Waals surface area contributed by atoms with E-state index in [1.54, 1.807) is 31.3 Å². The summed E-state index contributed by atoms with van der Waals surface area (Å²) in [5.74, 6) is 0. The highest BCUT2D eigenvalue weighted by Crippen LogP contribution is 2.34. The summed E-state index contributed by atoms with van der Waals surface area (Å²) in [6.45, 7) is 0. The van der Waals surface area contributed by atoms with Crippen molar-refractivity contribution in [3.63, 3.8) is 0 Å². The van der Waals surface area contributed by atoms with Gasteiger partial charge in [0.25, 0.3) is 5.56 Å². The van der Waals surface area contributed by atoms with Crippen LogP contribution in [-0.4, -0.2) is 19.3 Å². The third-order valence-electron chi connectivity index (χ3n) is 4.40. The van der Waals surface area contributed by atoms with Crippen molar-refractivity contribution in [3.8, 4) is 16.8 Å². The molecule has 0 unspecified atom stereocenters. The van der Waals surface area contributed by atoms with Crippen LogP contribution >= 0.6 is 17.0 Å². The number of aryl methyl sites for hydroxylation is 1. The zero-order valence-corrected chi connectivity index (χ0v) is 16.2. The van der Waals surface area contributed by atoms with Gasteiger partial charge in [-0.2, -0.15) is 18.3 Å². The van der Waals surface area contributed by atoms with E-state index in [4.69, 9.17) is 0 Å². The molecule has 144 valence electrons. The summed E-state index contributed by atoms with van der Waals surface area (Å²) in [5.41, 5.74) is 0.0991. The minimum atomic E-state index is -4.51. The van der Waals surface area contributed by atoms with E-state index in [1.807, 2.05) is 0 Å². The Morgan fingerprint density at radius 2 is 1.79 bits per heavy atom. The molecule has 0 atom stereocenters. The Balaban J connectivity index is 0.00000225. The van der Waals surface area contributed by atoms with Gasteiger partial charge in [0.15, 0.2) is 0 Å². The van der Waals surface area contributed by atoms with Crippen molar-refractivity contribution in [2.45, 2.75) is 6.18 Å². The van der Waals surface area contributed by atoms with Gasteiger partial charge in [-0.05, 0) is 23.8 Å². The summed E-state index contributed by atoms with van der Waals surface area (Å²) >= 11 is 0. The number of halogens is 4. The first-order valence-corrected chi connectivity index (χ1v) is 8.02. The van der Waals surface area contributed by atoms with Crippen molar-refractivity contribution < 1.29 is 13.2 Å². The molecule has 0 bridgehead atoms. The number of hydrogen-bond donors (Lipinski definition) is 0. The lowest BCUT2D eigenvalue weighted by molar-refractivity contribution is -0.137. The number of nitrogens with zero attached hydrogens (tertiary/aromatic N) is 4. The van der Waals surface area contributed by atoms with Gasteiger partial charge in [0.1, 0.15) is 12.7 Å². The second-order valence-corrected chi connectivity index (χ2v) is 6.02. The molecule has 2 heterocycles. The van der Waals surface area contributed by atoms with Gasteiger partial charge in [0, 0.05) is 12.4 Å². The van der Waals surface area contributed by atoms with E-state index in [-0.39, 0.29) is 28.1 Å². The average molecular weight is 451 g/mol. The Morgan fingerprint density at radius 3 is 2.46 bits per heavy atom. The molecule has 0 radical (unpaired) electrons. The van der Waals surface area contributed by atoms with Gasteiger partial charge in [-0.3, -0.25) is 4.79 Å². The highest BCUT2D eigenvalue weighted by molar-refractivity contribution is 8.93. The Kier molecular flexibility index (Phi) is 5.12. The highest BCUT2D eigenvalue weighted by Gasteiger charge is 2.31. The van der Waals surface area contributed by atoms with E-state index >= 15 is 0 Å². The monoisotopic (exact) mass is 450 g/mol. The summed E-state index contributed by atoms with van der Waals surface area (Å²) in [7, 11) is 1.59. The molecule has 0 fully saturated rings. The largest absolute Gasteiger partial charge is 0.416 e. The lowest BCUT2D eigenvalue weighted by atomic mass is 9.99. The third kappa shape index (κ3) is 3.22. The van der Waals surface area contributed by atoms with Gasteiger partial charge < -0.3 is 4.57 Å². The van der Waals surface area contributed by atoms with Crippen LogP contribution in [0.5, 0.6) is 0 Å². The minimum Gasteiger partial charge on any atom is -0.311 e. The van der Waals surface area contributed by atoms with Crippen LogP contribution in [0.25, 0.3) is 27.7 Å². The molecule has 28 heavy (non-hydrogen) atoms. The Bertz CT molecular complexity index is 1200.